The number of ether oxygens (including phenoxy) is 3. The molecule has 0 radical (unpaired) electrons. The standard InChI is InChI=1S/C28H30ClNO6/c1-15-23(27(33)36-14-16-6-8-18(34-4)9-7-16)24(17-10-19(29)26(32)22(11-17)35-5)25-20(30-15)12-28(2,3)13-21(25)31/h6-11,24,30,32H,12-14H2,1-5H3/t24-/m1/s1. The summed E-state index contributed by atoms with van der Waals surface area (Å²) in [4.78, 5) is 27.0. The highest BCUT2D eigenvalue weighted by Gasteiger charge is 2.43. The second-order valence-electron chi connectivity index (χ2n) is 9.91. The first-order valence-corrected chi connectivity index (χ1v) is 12.0. The maximum atomic E-state index is 13.5. The largest absolute Gasteiger partial charge is 0.503 e. The Morgan fingerprint density at radius 2 is 1.83 bits per heavy atom. The molecule has 1 heterocycles. The number of rotatable bonds is 6. The van der Waals surface area contributed by atoms with E-state index in [1.54, 1.807) is 38.3 Å². The normalized spacial score (nSPS) is 18.9. The second-order valence-corrected chi connectivity index (χ2v) is 10.3. The van der Waals surface area contributed by atoms with Crippen molar-refractivity contribution in [3.8, 4) is 17.2 Å². The fourth-order valence-corrected chi connectivity index (χ4v) is 5.12. The van der Waals surface area contributed by atoms with Crippen molar-refractivity contribution in [2.45, 2.75) is 46.1 Å². The number of carbonyl (C=O) groups is 2. The fraction of sp³-hybridized carbons (Fsp3) is 0.357. The topological polar surface area (TPSA) is 94.1 Å². The van der Waals surface area contributed by atoms with Gasteiger partial charge in [-0.25, -0.2) is 4.79 Å². The zero-order chi connectivity index (χ0) is 26.2. The van der Waals surface area contributed by atoms with Gasteiger partial charge < -0.3 is 24.6 Å². The molecule has 2 aliphatic rings. The third-order valence-electron chi connectivity index (χ3n) is 6.59. The highest BCUT2D eigenvalue weighted by Crippen LogP contribution is 2.49. The van der Waals surface area contributed by atoms with Gasteiger partial charge in [-0.15, -0.1) is 0 Å². The van der Waals surface area contributed by atoms with Crippen LogP contribution in [-0.4, -0.2) is 31.1 Å². The first-order chi connectivity index (χ1) is 17.0. The molecule has 1 aliphatic heterocycles. The lowest BCUT2D eigenvalue weighted by Gasteiger charge is -2.39. The molecule has 2 aromatic rings. The number of allylic oxidation sites excluding steroid dienone is 3. The van der Waals surface area contributed by atoms with Crippen molar-refractivity contribution in [1.29, 1.82) is 0 Å². The Morgan fingerprint density at radius 3 is 2.47 bits per heavy atom. The molecule has 4 rings (SSSR count). The number of phenolic OH excluding ortho intramolecular Hbond substituents is 1. The lowest BCUT2D eigenvalue weighted by Crippen LogP contribution is -2.38. The summed E-state index contributed by atoms with van der Waals surface area (Å²) in [5.74, 6) is -0.656. The van der Waals surface area contributed by atoms with E-state index >= 15 is 0 Å². The van der Waals surface area contributed by atoms with Crippen molar-refractivity contribution >= 4 is 23.4 Å². The SMILES string of the molecule is COc1ccc(COC(=O)C2=C(C)NC3=C(C(=O)CC(C)(C)C3)[C@@H]2c2cc(Cl)c(O)c(OC)c2)cc1. The van der Waals surface area contributed by atoms with Crippen LogP contribution in [0.15, 0.2) is 58.9 Å². The molecule has 0 bridgehead atoms. The Labute approximate surface area is 215 Å². The van der Waals surface area contributed by atoms with Crippen molar-refractivity contribution in [3.63, 3.8) is 0 Å². The van der Waals surface area contributed by atoms with Crippen LogP contribution in [0.5, 0.6) is 17.2 Å². The minimum atomic E-state index is -0.722. The first-order valence-electron chi connectivity index (χ1n) is 11.6. The minimum absolute atomic E-state index is 0.0464. The van der Waals surface area contributed by atoms with E-state index in [0.29, 0.717) is 41.0 Å². The van der Waals surface area contributed by atoms with Crippen LogP contribution < -0.4 is 14.8 Å². The van der Waals surface area contributed by atoms with Crippen molar-refractivity contribution in [3.05, 3.63) is 75.1 Å². The maximum Gasteiger partial charge on any atom is 0.337 e. The molecule has 2 aromatic carbocycles. The fourth-order valence-electron chi connectivity index (χ4n) is 4.90. The number of nitrogens with one attached hydrogen (secondary N) is 1. The molecular formula is C28H30ClNO6. The molecule has 0 aromatic heterocycles. The molecule has 1 aliphatic carbocycles. The van der Waals surface area contributed by atoms with Crippen LogP contribution in [-0.2, 0) is 20.9 Å². The van der Waals surface area contributed by atoms with E-state index in [0.717, 1.165) is 11.3 Å². The summed E-state index contributed by atoms with van der Waals surface area (Å²) in [6.45, 7) is 5.94. The van der Waals surface area contributed by atoms with Crippen LogP contribution in [0.3, 0.4) is 0 Å². The Hall–Kier alpha value is -3.45. The molecule has 190 valence electrons. The van der Waals surface area contributed by atoms with E-state index in [4.69, 9.17) is 25.8 Å². The monoisotopic (exact) mass is 511 g/mol. The maximum absolute atomic E-state index is 13.5. The summed E-state index contributed by atoms with van der Waals surface area (Å²) in [6.07, 6.45) is 0.999. The minimum Gasteiger partial charge on any atom is -0.503 e. The van der Waals surface area contributed by atoms with Crippen LogP contribution in [0.2, 0.25) is 5.02 Å². The summed E-state index contributed by atoms with van der Waals surface area (Å²) in [7, 11) is 3.00. The Bertz CT molecular complexity index is 1280. The summed E-state index contributed by atoms with van der Waals surface area (Å²) >= 11 is 6.31. The van der Waals surface area contributed by atoms with Crippen molar-refractivity contribution in [2.24, 2.45) is 5.41 Å². The average molecular weight is 512 g/mol. The van der Waals surface area contributed by atoms with Gasteiger partial charge in [-0.3, -0.25) is 4.79 Å². The van der Waals surface area contributed by atoms with Gasteiger partial charge in [0.25, 0.3) is 0 Å². The second kappa shape index (κ2) is 9.90. The van der Waals surface area contributed by atoms with Crippen molar-refractivity contribution < 1.29 is 28.9 Å². The summed E-state index contributed by atoms with van der Waals surface area (Å²) < 4.78 is 16.2. The van der Waals surface area contributed by atoms with Gasteiger partial charge in [0.1, 0.15) is 12.4 Å². The van der Waals surface area contributed by atoms with Crippen LogP contribution in [0.1, 0.15) is 50.7 Å². The number of ketones is 1. The number of dihydropyridines is 1. The molecule has 0 unspecified atom stereocenters. The van der Waals surface area contributed by atoms with E-state index < -0.39 is 11.9 Å². The lowest BCUT2D eigenvalue weighted by molar-refractivity contribution is -0.140. The average Bonchev–Trinajstić information content (AvgIpc) is 2.82. The molecule has 1 atom stereocenters. The summed E-state index contributed by atoms with van der Waals surface area (Å²) in [5, 5.41) is 13.7. The van der Waals surface area contributed by atoms with Gasteiger partial charge in [0, 0.05) is 29.3 Å². The Kier molecular flexibility index (Phi) is 7.05. The number of halogens is 1. The van der Waals surface area contributed by atoms with E-state index in [1.807, 2.05) is 26.0 Å². The molecule has 0 saturated carbocycles. The molecule has 36 heavy (non-hydrogen) atoms. The van der Waals surface area contributed by atoms with Crippen LogP contribution in [0.4, 0.5) is 0 Å². The number of Topliss-reactive ketones (excluding diaryl/α,β-unsaturated/α-hetero) is 1. The summed E-state index contributed by atoms with van der Waals surface area (Å²) in [6, 6.07) is 10.4. The number of carbonyl (C=O) groups excluding carboxylic acids is 2. The van der Waals surface area contributed by atoms with Gasteiger partial charge in [0.2, 0.25) is 0 Å². The Balaban J connectivity index is 1.76. The number of hydrogen-bond acceptors (Lipinski definition) is 7. The quantitative estimate of drug-likeness (QED) is 0.501. The van der Waals surface area contributed by atoms with Crippen LogP contribution in [0.25, 0.3) is 0 Å². The molecule has 0 spiro atoms. The third-order valence-corrected chi connectivity index (χ3v) is 6.88. The first kappa shape index (κ1) is 25.6. The highest BCUT2D eigenvalue weighted by molar-refractivity contribution is 6.32. The van der Waals surface area contributed by atoms with E-state index in [1.165, 1.54) is 7.11 Å². The van der Waals surface area contributed by atoms with E-state index in [9.17, 15) is 14.7 Å². The van der Waals surface area contributed by atoms with Crippen molar-refractivity contribution in [1.82, 2.24) is 5.32 Å². The molecular weight excluding hydrogens is 482 g/mol. The van der Waals surface area contributed by atoms with Crippen LogP contribution >= 0.6 is 11.6 Å². The number of aromatic hydroxyl groups is 1. The number of esters is 1. The van der Waals surface area contributed by atoms with E-state index in [2.05, 4.69) is 5.32 Å². The molecule has 0 saturated heterocycles. The van der Waals surface area contributed by atoms with Crippen molar-refractivity contribution in [2.75, 3.05) is 14.2 Å². The molecule has 0 fully saturated rings. The van der Waals surface area contributed by atoms with Crippen LogP contribution in [0, 0.1) is 5.41 Å². The zero-order valence-electron chi connectivity index (χ0n) is 21.0. The van der Waals surface area contributed by atoms with Gasteiger partial charge in [-0.2, -0.15) is 0 Å². The molecule has 0 amide bonds. The number of methoxy groups -OCH3 is 2. The molecule has 2 N–H and O–H groups in total. The third kappa shape index (κ3) is 4.93. The number of hydrogen-bond donors (Lipinski definition) is 2. The van der Waals surface area contributed by atoms with E-state index in [-0.39, 0.29) is 34.3 Å². The van der Waals surface area contributed by atoms with Gasteiger partial charge in [0.05, 0.1) is 24.8 Å². The highest BCUT2D eigenvalue weighted by atomic mass is 35.5. The number of phenols is 1. The molecule has 8 heteroatoms. The summed E-state index contributed by atoms with van der Waals surface area (Å²) in [5.41, 5.74) is 3.37. The van der Waals surface area contributed by atoms with Gasteiger partial charge >= 0.3 is 5.97 Å². The van der Waals surface area contributed by atoms with Gasteiger partial charge in [-0.05, 0) is 54.2 Å². The predicted molar refractivity (Wildman–Crippen MR) is 136 cm³/mol. The smallest absolute Gasteiger partial charge is 0.337 e. The molecule has 7 nitrogen and oxygen atoms in total. The zero-order valence-corrected chi connectivity index (χ0v) is 21.8. The number of benzene rings is 2. The predicted octanol–water partition coefficient (Wildman–Crippen LogP) is 5.41. The van der Waals surface area contributed by atoms with Gasteiger partial charge in [-0.1, -0.05) is 37.6 Å². The Morgan fingerprint density at radius 1 is 1.14 bits per heavy atom. The van der Waals surface area contributed by atoms with Gasteiger partial charge in [0.15, 0.2) is 17.3 Å². The lowest BCUT2D eigenvalue weighted by atomic mass is 9.68.